The van der Waals surface area contributed by atoms with Crippen LogP contribution in [-0.2, 0) is 10.1 Å². The summed E-state index contributed by atoms with van der Waals surface area (Å²) < 4.78 is 29.5. The van der Waals surface area contributed by atoms with E-state index in [1.54, 1.807) is 0 Å². The van der Waals surface area contributed by atoms with Crippen molar-refractivity contribution in [2.75, 3.05) is 18.9 Å². The molecular formula is C13H27NO4S. The smallest absolute Gasteiger partial charge is 0.0992 e. The van der Waals surface area contributed by atoms with Crippen molar-refractivity contribution < 1.29 is 23.4 Å². The number of hydrogen-bond donors (Lipinski definition) is 2. The fourth-order valence-electron chi connectivity index (χ4n) is 1.35. The highest BCUT2D eigenvalue weighted by atomic mass is 32.2. The maximum absolute atomic E-state index is 9.83. The lowest BCUT2D eigenvalue weighted by molar-refractivity contribution is -0.689. The van der Waals surface area contributed by atoms with Crippen LogP contribution in [-0.4, -0.2) is 43.0 Å². The van der Waals surface area contributed by atoms with E-state index in [0.29, 0.717) is 12.5 Å². The second kappa shape index (κ2) is 13.7. The Morgan fingerprint density at radius 3 is 2.11 bits per heavy atom. The maximum Gasteiger partial charge on any atom is 0.0992 e. The molecule has 0 rings (SSSR count). The third-order valence-corrected chi connectivity index (χ3v) is 3.10. The monoisotopic (exact) mass is 293 g/mol. The summed E-state index contributed by atoms with van der Waals surface area (Å²) >= 11 is 0. The van der Waals surface area contributed by atoms with Crippen LogP contribution >= 0.6 is 0 Å². The van der Waals surface area contributed by atoms with Gasteiger partial charge >= 0.3 is 0 Å². The summed E-state index contributed by atoms with van der Waals surface area (Å²) in [4.78, 5) is 0. The Kier molecular flexibility index (Phi) is 14.9. The number of hydrogen-bond acceptors (Lipinski definition) is 4. The predicted octanol–water partition coefficient (Wildman–Crippen LogP) is 0.395. The van der Waals surface area contributed by atoms with Gasteiger partial charge in [-0.15, -0.1) is 13.2 Å². The Bertz CT molecular complexity index is 305. The van der Waals surface area contributed by atoms with Gasteiger partial charge in [-0.05, 0) is 6.42 Å². The highest BCUT2D eigenvalue weighted by Crippen LogP contribution is 1.93. The molecule has 0 aliphatic carbocycles. The van der Waals surface area contributed by atoms with Gasteiger partial charge in [0.1, 0.15) is 0 Å². The zero-order valence-corrected chi connectivity index (χ0v) is 12.6. The van der Waals surface area contributed by atoms with Gasteiger partial charge in [-0.3, -0.25) is 0 Å². The third kappa shape index (κ3) is 19.8. The summed E-state index contributed by atoms with van der Waals surface area (Å²) in [6, 6.07) is 0.511. The number of aliphatic hydroxyl groups is 1. The molecule has 5 nitrogen and oxygen atoms in total. The molecule has 0 unspecified atom stereocenters. The number of unbranched alkanes of at least 4 members (excludes halogenated alkanes) is 1. The van der Waals surface area contributed by atoms with E-state index in [2.05, 4.69) is 18.5 Å². The van der Waals surface area contributed by atoms with E-state index < -0.39 is 10.1 Å². The Hall–Kier alpha value is -0.690. The van der Waals surface area contributed by atoms with Crippen LogP contribution in [0.15, 0.2) is 25.3 Å². The number of quaternary nitrogens is 1. The second-order valence-electron chi connectivity index (χ2n) is 4.17. The van der Waals surface area contributed by atoms with Gasteiger partial charge in [0, 0.05) is 18.6 Å². The molecule has 0 bridgehead atoms. The Balaban J connectivity index is 0. The van der Waals surface area contributed by atoms with Crippen molar-refractivity contribution in [3.8, 4) is 0 Å². The second-order valence-corrected chi connectivity index (χ2v) is 5.70. The molecular weight excluding hydrogens is 266 g/mol. The first-order chi connectivity index (χ1) is 8.91. The van der Waals surface area contributed by atoms with Gasteiger partial charge in [0.2, 0.25) is 0 Å². The molecule has 0 saturated heterocycles. The van der Waals surface area contributed by atoms with E-state index in [9.17, 15) is 13.0 Å². The standard InChI is InChI=1S/C9H17NO.C4H10O3S/c1-3-5-9(6-4-2)10-7-8-11;1-2-3-4-8(5,6)7/h3-4,9-11H,1-2,5-8H2;2-4H2,1H3,(H,5,6,7). The van der Waals surface area contributed by atoms with Gasteiger partial charge in [-0.1, -0.05) is 25.5 Å². The molecule has 0 amide bonds. The van der Waals surface area contributed by atoms with Crippen molar-refractivity contribution in [1.29, 1.82) is 0 Å². The first kappa shape index (κ1) is 20.6. The van der Waals surface area contributed by atoms with E-state index in [-0.39, 0.29) is 12.4 Å². The summed E-state index contributed by atoms with van der Waals surface area (Å²) in [6.45, 7) is 10.2. The van der Waals surface area contributed by atoms with Gasteiger partial charge < -0.3 is 15.0 Å². The van der Waals surface area contributed by atoms with Crippen molar-refractivity contribution in [2.45, 2.75) is 38.6 Å². The SMILES string of the molecule is C=CCC(CC=C)[NH2+]CCO.CCCCS(=O)(=O)[O-]. The minimum Gasteiger partial charge on any atom is -0.748 e. The molecule has 0 aliphatic heterocycles. The lowest BCUT2D eigenvalue weighted by Crippen LogP contribution is -2.90. The van der Waals surface area contributed by atoms with Crippen LogP contribution in [0.25, 0.3) is 0 Å². The molecule has 114 valence electrons. The van der Waals surface area contributed by atoms with Crippen LogP contribution in [0, 0.1) is 0 Å². The maximum atomic E-state index is 9.83. The first-order valence-corrected chi connectivity index (χ1v) is 8.08. The van der Waals surface area contributed by atoms with Crippen molar-refractivity contribution in [2.24, 2.45) is 0 Å². The highest BCUT2D eigenvalue weighted by Gasteiger charge is 2.05. The van der Waals surface area contributed by atoms with Crippen LogP contribution in [0.1, 0.15) is 32.6 Å². The minimum atomic E-state index is -3.94. The molecule has 0 fully saturated rings. The van der Waals surface area contributed by atoms with Crippen LogP contribution in [0.5, 0.6) is 0 Å². The van der Waals surface area contributed by atoms with Gasteiger partial charge in [0.25, 0.3) is 0 Å². The van der Waals surface area contributed by atoms with Crippen molar-refractivity contribution in [3.05, 3.63) is 25.3 Å². The van der Waals surface area contributed by atoms with Crippen molar-refractivity contribution >= 4 is 10.1 Å². The zero-order chi connectivity index (χ0) is 15.1. The molecule has 0 heterocycles. The lowest BCUT2D eigenvalue weighted by Gasteiger charge is -2.09. The number of nitrogens with two attached hydrogens (primary N) is 1. The molecule has 0 radical (unpaired) electrons. The molecule has 19 heavy (non-hydrogen) atoms. The summed E-state index contributed by atoms with van der Waals surface area (Å²) in [5.41, 5.74) is 0. The van der Waals surface area contributed by atoms with E-state index in [1.165, 1.54) is 0 Å². The average Bonchev–Trinajstić information content (AvgIpc) is 2.34. The molecule has 0 spiro atoms. The molecule has 0 aliphatic rings. The Labute approximate surface area is 117 Å². The van der Waals surface area contributed by atoms with Gasteiger partial charge in [0.05, 0.1) is 29.3 Å². The van der Waals surface area contributed by atoms with Crippen LogP contribution < -0.4 is 5.32 Å². The third-order valence-electron chi connectivity index (χ3n) is 2.32. The molecule has 6 heteroatoms. The molecule has 0 saturated carbocycles. The Morgan fingerprint density at radius 2 is 1.84 bits per heavy atom. The van der Waals surface area contributed by atoms with Crippen molar-refractivity contribution in [1.82, 2.24) is 0 Å². The fraction of sp³-hybridized carbons (Fsp3) is 0.692. The van der Waals surface area contributed by atoms with Gasteiger partial charge in [0.15, 0.2) is 0 Å². The molecule has 0 atom stereocenters. The molecule has 0 aromatic carbocycles. The largest absolute Gasteiger partial charge is 0.748 e. The van der Waals surface area contributed by atoms with Crippen LogP contribution in [0.2, 0.25) is 0 Å². The van der Waals surface area contributed by atoms with Crippen molar-refractivity contribution in [3.63, 3.8) is 0 Å². The summed E-state index contributed by atoms with van der Waals surface area (Å²) in [5.74, 6) is -0.219. The van der Waals surface area contributed by atoms with Crippen LogP contribution in [0.3, 0.4) is 0 Å². The minimum absolute atomic E-state index is 0.219. The number of aliphatic hydroxyl groups excluding tert-OH is 1. The summed E-state index contributed by atoms with van der Waals surface area (Å²) in [7, 11) is -3.94. The highest BCUT2D eigenvalue weighted by molar-refractivity contribution is 7.85. The lowest BCUT2D eigenvalue weighted by atomic mass is 10.1. The zero-order valence-electron chi connectivity index (χ0n) is 11.8. The average molecular weight is 293 g/mol. The molecule has 3 N–H and O–H groups in total. The van der Waals surface area contributed by atoms with Gasteiger partial charge in [-0.2, -0.15) is 0 Å². The first-order valence-electron chi connectivity index (χ1n) is 6.50. The summed E-state index contributed by atoms with van der Waals surface area (Å²) in [5, 5.41) is 10.7. The van der Waals surface area contributed by atoms with Gasteiger partial charge in [-0.25, -0.2) is 8.42 Å². The van der Waals surface area contributed by atoms with E-state index in [4.69, 9.17) is 5.11 Å². The van der Waals surface area contributed by atoms with E-state index >= 15 is 0 Å². The topological polar surface area (TPSA) is 94.0 Å². The van der Waals surface area contributed by atoms with E-state index in [1.807, 2.05) is 19.1 Å². The Morgan fingerprint density at radius 1 is 1.32 bits per heavy atom. The fourth-order valence-corrected chi connectivity index (χ4v) is 1.99. The summed E-state index contributed by atoms with van der Waals surface area (Å²) in [6.07, 6.45) is 7.00. The van der Waals surface area contributed by atoms with E-state index in [0.717, 1.165) is 25.8 Å². The normalized spacial score (nSPS) is 10.7. The predicted molar refractivity (Wildman–Crippen MR) is 76.8 cm³/mol. The quantitative estimate of drug-likeness (QED) is 0.450. The molecule has 0 aromatic heterocycles. The number of rotatable bonds is 10. The molecule has 0 aromatic rings. The van der Waals surface area contributed by atoms with Crippen LogP contribution in [0.4, 0.5) is 0 Å².